The van der Waals surface area contributed by atoms with Crippen molar-refractivity contribution in [2.45, 2.75) is 6.54 Å². The number of methoxy groups -OCH3 is 2. The van der Waals surface area contributed by atoms with Crippen molar-refractivity contribution >= 4 is 22.0 Å². The summed E-state index contributed by atoms with van der Waals surface area (Å²) in [5.74, 6) is 0.481. The molecule has 1 amide bonds. The van der Waals surface area contributed by atoms with Crippen molar-refractivity contribution in [2.24, 2.45) is 0 Å². The molecule has 0 aliphatic heterocycles. The molecule has 0 saturated heterocycles. The number of carbonyl (C=O) groups excluding carboxylic acids is 1. The van der Waals surface area contributed by atoms with Gasteiger partial charge in [0.1, 0.15) is 5.75 Å². The Bertz CT molecular complexity index is 558. The molecular weight excluding hydrogens is 274 g/mol. The first-order valence-electron chi connectivity index (χ1n) is 5.15. The number of ether oxygens (including phenoxy) is 2. The summed E-state index contributed by atoms with van der Waals surface area (Å²) in [6.07, 6.45) is -1.08. The summed E-state index contributed by atoms with van der Waals surface area (Å²) in [7, 11) is -1.48. The Balaban J connectivity index is 2.76. The second-order valence-electron chi connectivity index (χ2n) is 3.49. The fourth-order valence-electron chi connectivity index (χ4n) is 1.30. The highest BCUT2D eigenvalue weighted by molar-refractivity contribution is 7.88. The van der Waals surface area contributed by atoms with E-state index < -0.39 is 16.3 Å². The number of anilines is 1. The first-order valence-corrected chi connectivity index (χ1v) is 6.64. The largest absolute Gasteiger partial charge is 0.496 e. The molecule has 0 radical (unpaired) electrons. The summed E-state index contributed by atoms with van der Waals surface area (Å²) in [6, 6.07) is 4.82. The number of nitrogen functional groups attached to an aromatic ring is 1. The number of carbonyl (C=O) groups is 1. The third-order valence-corrected chi connectivity index (χ3v) is 3.12. The average molecular weight is 289 g/mol. The van der Waals surface area contributed by atoms with E-state index in [1.165, 1.54) is 7.11 Å². The predicted octanol–water partition coefficient (Wildman–Crippen LogP) is -0.0322. The number of benzene rings is 1. The number of rotatable bonds is 5. The zero-order chi connectivity index (χ0) is 14.5. The first-order chi connectivity index (χ1) is 8.88. The van der Waals surface area contributed by atoms with Crippen molar-refractivity contribution < 1.29 is 22.7 Å². The van der Waals surface area contributed by atoms with Gasteiger partial charge in [-0.25, -0.2) is 9.52 Å². The Morgan fingerprint density at radius 3 is 2.63 bits per heavy atom. The van der Waals surface area contributed by atoms with Crippen molar-refractivity contribution in [3.8, 4) is 5.75 Å². The van der Waals surface area contributed by atoms with Crippen molar-refractivity contribution in [3.05, 3.63) is 23.8 Å². The molecule has 0 fully saturated rings. The summed E-state index contributed by atoms with van der Waals surface area (Å²) < 4.78 is 36.0. The van der Waals surface area contributed by atoms with Gasteiger partial charge in [-0.05, 0) is 18.2 Å². The van der Waals surface area contributed by atoms with Crippen molar-refractivity contribution in [1.29, 1.82) is 0 Å². The maximum atomic E-state index is 11.5. The van der Waals surface area contributed by atoms with E-state index in [-0.39, 0.29) is 6.54 Å². The van der Waals surface area contributed by atoms with Gasteiger partial charge >= 0.3 is 16.3 Å². The van der Waals surface area contributed by atoms with E-state index >= 15 is 0 Å². The maximum Gasteiger partial charge on any atom is 0.421 e. The van der Waals surface area contributed by atoms with Crippen LogP contribution in [0.4, 0.5) is 10.5 Å². The molecule has 8 nitrogen and oxygen atoms in total. The molecule has 0 saturated carbocycles. The second-order valence-corrected chi connectivity index (χ2v) is 4.99. The van der Waals surface area contributed by atoms with Gasteiger partial charge in [0.2, 0.25) is 0 Å². The molecular formula is C10H15N3O5S. The van der Waals surface area contributed by atoms with Crippen LogP contribution in [-0.4, -0.2) is 28.7 Å². The Labute approximate surface area is 111 Å². The van der Waals surface area contributed by atoms with Gasteiger partial charge in [-0.3, -0.25) is 0 Å². The lowest BCUT2D eigenvalue weighted by Gasteiger charge is -2.11. The van der Waals surface area contributed by atoms with E-state index in [0.29, 0.717) is 17.0 Å². The van der Waals surface area contributed by atoms with Crippen LogP contribution in [0, 0.1) is 0 Å². The molecule has 4 N–H and O–H groups in total. The molecule has 9 heteroatoms. The molecule has 0 spiro atoms. The normalized spacial score (nSPS) is 10.8. The molecule has 1 rings (SSSR count). The van der Waals surface area contributed by atoms with Crippen LogP contribution in [0.5, 0.6) is 5.75 Å². The van der Waals surface area contributed by atoms with Crippen LogP contribution < -0.4 is 19.9 Å². The zero-order valence-corrected chi connectivity index (χ0v) is 11.3. The predicted molar refractivity (Wildman–Crippen MR) is 68.7 cm³/mol. The van der Waals surface area contributed by atoms with Gasteiger partial charge in [-0.1, -0.05) is 0 Å². The summed E-state index contributed by atoms with van der Waals surface area (Å²) >= 11 is 0. The third kappa shape index (κ3) is 4.64. The van der Waals surface area contributed by atoms with E-state index in [0.717, 1.165) is 7.11 Å². The smallest absolute Gasteiger partial charge is 0.421 e. The average Bonchev–Trinajstić information content (AvgIpc) is 2.36. The minimum atomic E-state index is -4.00. The summed E-state index contributed by atoms with van der Waals surface area (Å²) in [5, 5.41) is 0. The standard InChI is InChI=1S/C10H15N3O5S/c1-17-9-4-3-8(11)5-7(9)6-12-19(15,16)13-10(14)18-2/h3-5,12H,6,11H2,1-2H3,(H,13,14). The highest BCUT2D eigenvalue weighted by Gasteiger charge is 2.15. The van der Waals surface area contributed by atoms with Gasteiger partial charge in [-0.15, -0.1) is 0 Å². The zero-order valence-electron chi connectivity index (χ0n) is 10.5. The lowest BCUT2D eigenvalue weighted by Crippen LogP contribution is -2.39. The monoisotopic (exact) mass is 289 g/mol. The highest BCUT2D eigenvalue weighted by atomic mass is 32.2. The molecule has 0 aliphatic carbocycles. The van der Waals surface area contributed by atoms with Crippen LogP contribution in [0.25, 0.3) is 0 Å². The van der Waals surface area contributed by atoms with Crippen LogP contribution in [0.2, 0.25) is 0 Å². The Kier molecular flexibility index (Phi) is 4.95. The Morgan fingerprint density at radius 1 is 1.37 bits per heavy atom. The molecule has 0 aromatic heterocycles. The van der Waals surface area contributed by atoms with Gasteiger partial charge in [0.25, 0.3) is 0 Å². The maximum absolute atomic E-state index is 11.5. The molecule has 0 aliphatic rings. The van der Waals surface area contributed by atoms with Crippen LogP contribution in [-0.2, 0) is 21.5 Å². The quantitative estimate of drug-likeness (QED) is 0.655. The Morgan fingerprint density at radius 2 is 2.05 bits per heavy atom. The van der Waals surface area contributed by atoms with E-state index in [4.69, 9.17) is 10.5 Å². The van der Waals surface area contributed by atoms with Crippen molar-refractivity contribution in [3.63, 3.8) is 0 Å². The lowest BCUT2D eigenvalue weighted by atomic mass is 10.2. The molecule has 106 valence electrons. The number of nitrogens with two attached hydrogens (primary N) is 1. The summed E-state index contributed by atoms with van der Waals surface area (Å²) in [5.41, 5.74) is 6.61. The van der Waals surface area contributed by atoms with Crippen LogP contribution in [0.3, 0.4) is 0 Å². The Hall–Kier alpha value is -2.00. The van der Waals surface area contributed by atoms with Gasteiger partial charge in [-0.2, -0.15) is 13.1 Å². The first kappa shape index (κ1) is 15.1. The third-order valence-electron chi connectivity index (χ3n) is 2.16. The van der Waals surface area contributed by atoms with Crippen LogP contribution in [0.15, 0.2) is 18.2 Å². The minimum absolute atomic E-state index is 0.0828. The molecule has 19 heavy (non-hydrogen) atoms. The second kappa shape index (κ2) is 6.25. The van der Waals surface area contributed by atoms with Gasteiger partial charge < -0.3 is 15.2 Å². The molecule has 0 bridgehead atoms. The number of hydrogen-bond donors (Lipinski definition) is 3. The number of amides is 1. The summed E-state index contributed by atoms with van der Waals surface area (Å²) in [4.78, 5) is 10.8. The fourth-order valence-corrected chi connectivity index (χ4v) is 2.02. The van der Waals surface area contributed by atoms with Gasteiger partial charge in [0.05, 0.1) is 14.2 Å². The highest BCUT2D eigenvalue weighted by Crippen LogP contribution is 2.20. The number of nitrogens with one attached hydrogen (secondary N) is 2. The number of hydrogen-bond acceptors (Lipinski definition) is 6. The van der Waals surface area contributed by atoms with Crippen LogP contribution >= 0.6 is 0 Å². The minimum Gasteiger partial charge on any atom is -0.496 e. The topological polar surface area (TPSA) is 120 Å². The molecule has 1 aromatic carbocycles. The van der Waals surface area contributed by atoms with E-state index in [9.17, 15) is 13.2 Å². The van der Waals surface area contributed by atoms with E-state index in [1.807, 2.05) is 0 Å². The molecule has 1 aromatic rings. The van der Waals surface area contributed by atoms with Crippen molar-refractivity contribution in [1.82, 2.24) is 9.44 Å². The molecule has 0 atom stereocenters. The van der Waals surface area contributed by atoms with Gasteiger partial charge in [0, 0.05) is 17.8 Å². The van der Waals surface area contributed by atoms with Crippen molar-refractivity contribution in [2.75, 3.05) is 20.0 Å². The summed E-state index contributed by atoms with van der Waals surface area (Å²) in [6.45, 7) is -0.0828. The molecule has 0 heterocycles. The van der Waals surface area contributed by atoms with Gasteiger partial charge in [0.15, 0.2) is 0 Å². The van der Waals surface area contributed by atoms with E-state index in [2.05, 4.69) is 9.46 Å². The molecule has 0 unspecified atom stereocenters. The van der Waals surface area contributed by atoms with Crippen LogP contribution in [0.1, 0.15) is 5.56 Å². The SMILES string of the molecule is COC(=O)NS(=O)(=O)NCc1cc(N)ccc1OC. The van der Waals surface area contributed by atoms with E-state index in [1.54, 1.807) is 22.9 Å². The lowest BCUT2D eigenvalue weighted by molar-refractivity contribution is 0.177. The fraction of sp³-hybridized carbons (Fsp3) is 0.300.